The van der Waals surface area contributed by atoms with E-state index in [9.17, 15) is 55.1 Å². The summed E-state index contributed by atoms with van der Waals surface area (Å²) in [7, 11) is 0. The number of carbonyl (C=O) groups excluding carboxylic acids is 2. The number of aromatic nitrogens is 4. The van der Waals surface area contributed by atoms with E-state index < -0.39 is 60.8 Å². The normalized spacial score (nSPS) is 21.1. The molecule has 1 aromatic carbocycles. The van der Waals surface area contributed by atoms with Crippen molar-refractivity contribution in [1.82, 2.24) is 19.9 Å². The van der Waals surface area contributed by atoms with Gasteiger partial charge in [0.1, 0.15) is 53.1 Å². The van der Waals surface area contributed by atoms with E-state index >= 15 is 0 Å². The zero-order valence-corrected chi connectivity index (χ0v) is 34.7. The van der Waals surface area contributed by atoms with Crippen LogP contribution in [0.2, 0.25) is 0 Å². The molecule has 5 unspecified atom stereocenters. The first-order valence-electron chi connectivity index (χ1n) is 20.7. The Bertz CT molecular complexity index is 2170. The SMILES string of the molecule is N#CN(C(=O)OCCN(CCN=O)c1nc(N2CCCCC2)c2nc(N(CCO)CCO)nc(N3CCCCC3)c2n1)c1cc(N=O)ccc1OC1OC(C(=O)N=O)C(O)C(O)C1O. The van der Waals surface area contributed by atoms with Gasteiger partial charge < -0.3 is 59.3 Å². The number of benzene rings is 1. The molecule has 3 aromatic rings. The van der Waals surface area contributed by atoms with Crippen LogP contribution in [0.4, 0.5) is 39.7 Å². The van der Waals surface area contributed by atoms with Crippen LogP contribution in [-0.2, 0) is 14.3 Å². The molecule has 26 nitrogen and oxygen atoms in total. The van der Waals surface area contributed by atoms with Crippen molar-refractivity contribution in [3.05, 3.63) is 32.9 Å². The molecule has 3 fully saturated rings. The lowest BCUT2D eigenvalue weighted by Crippen LogP contribution is -2.61. The maximum absolute atomic E-state index is 13.6. The van der Waals surface area contributed by atoms with Crippen molar-refractivity contribution in [2.75, 3.05) is 103 Å². The predicted octanol–water partition coefficient (Wildman–Crippen LogP) is 0.766. The topological polar surface area (TPSA) is 343 Å². The van der Waals surface area contributed by atoms with Crippen LogP contribution in [0.1, 0.15) is 38.5 Å². The van der Waals surface area contributed by atoms with E-state index in [1.807, 2.05) is 0 Å². The van der Waals surface area contributed by atoms with Gasteiger partial charge in [0.05, 0.1) is 26.3 Å². The summed E-state index contributed by atoms with van der Waals surface area (Å²) in [5, 5.41) is 69.0. The second-order valence-corrected chi connectivity index (χ2v) is 15.0. The molecule has 64 heavy (non-hydrogen) atoms. The van der Waals surface area contributed by atoms with Crippen molar-refractivity contribution in [3.8, 4) is 11.9 Å². The molecule has 0 aliphatic carbocycles. The molecule has 2 amide bonds. The summed E-state index contributed by atoms with van der Waals surface area (Å²) in [6.45, 7) is 1.82. The Morgan fingerprint density at radius 1 is 0.797 bits per heavy atom. The van der Waals surface area contributed by atoms with Gasteiger partial charge in [-0.15, -0.1) is 9.81 Å². The Labute approximate surface area is 364 Å². The molecule has 2 aromatic heterocycles. The van der Waals surface area contributed by atoms with Gasteiger partial charge in [0.15, 0.2) is 23.9 Å². The Morgan fingerprint density at radius 2 is 1.38 bits per heavy atom. The van der Waals surface area contributed by atoms with Crippen LogP contribution in [0.25, 0.3) is 11.0 Å². The fourth-order valence-corrected chi connectivity index (χ4v) is 7.59. The number of aliphatic hydroxyl groups is 5. The number of hydrogen-bond donors (Lipinski definition) is 5. The van der Waals surface area contributed by atoms with Gasteiger partial charge >= 0.3 is 12.0 Å². The Morgan fingerprint density at radius 3 is 1.89 bits per heavy atom. The van der Waals surface area contributed by atoms with Crippen molar-refractivity contribution in [2.24, 2.45) is 15.5 Å². The maximum atomic E-state index is 13.6. The highest BCUT2D eigenvalue weighted by Crippen LogP contribution is 2.37. The minimum absolute atomic E-state index is 0.0227. The molecule has 5 atom stereocenters. The molecular weight excluding hydrogens is 846 g/mol. The van der Waals surface area contributed by atoms with E-state index in [-0.39, 0.29) is 63.5 Å². The molecule has 3 aliphatic heterocycles. The quantitative estimate of drug-likeness (QED) is 0.0630. The van der Waals surface area contributed by atoms with Crippen LogP contribution < -0.4 is 29.2 Å². The number of piperidine rings is 2. The minimum Gasteiger partial charge on any atom is -0.460 e. The molecule has 5 N–H and O–H groups in total. The summed E-state index contributed by atoms with van der Waals surface area (Å²) in [6.07, 6.45) is -4.19. The third kappa shape index (κ3) is 10.7. The van der Waals surface area contributed by atoms with Crippen molar-refractivity contribution >= 4 is 57.9 Å². The molecule has 0 spiro atoms. The van der Waals surface area contributed by atoms with E-state index in [1.165, 1.54) is 0 Å². The number of nitriles is 1. The second-order valence-electron chi connectivity index (χ2n) is 15.0. The third-order valence-corrected chi connectivity index (χ3v) is 10.9. The number of ether oxygens (including phenoxy) is 3. The van der Waals surface area contributed by atoms with E-state index in [1.54, 1.807) is 16.0 Å². The smallest absolute Gasteiger partial charge is 0.428 e. The number of nitroso groups, excluding NO2 is 3. The van der Waals surface area contributed by atoms with Crippen LogP contribution in [0.3, 0.4) is 0 Å². The minimum atomic E-state index is -2.06. The molecule has 0 bridgehead atoms. The van der Waals surface area contributed by atoms with Gasteiger partial charge in [-0.25, -0.2) is 14.8 Å². The standard InChI is InChI=1S/C38H49N13O13/c39-22-51(24-21-23(45-60)7-8-25(24)63-35-30(56)28(54)29(55)31(64-35)34(57)46-61)38(58)62-20-17-49(14-9-40-59)36-41-26-27(32(43-36)47-10-3-1-4-11-47)42-37(50(15-18-52)16-19-53)44-33(26)48-12-5-2-6-13-48/h7-8,21,28-31,35,52-56H,1-6,9-20H2. The molecule has 0 radical (unpaired) electrons. The summed E-state index contributed by atoms with van der Waals surface area (Å²) in [5.74, 6) is -0.496. The number of amides is 2. The van der Waals surface area contributed by atoms with E-state index in [0.717, 1.165) is 56.7 Å². The van der Waals surface area contributed by atoms with E-state index in [2.05, 4.69) is 25.3 Å². The average molecular weight is 896 g/mol. The number of carbonyl (C=O) groups is 2. The largest absolute Gasteiger partial charge is 0.460 e. The fourth-order valence-electron chi connectivity index (χ4n) is 7.59. The van der Waals surface area contributed by atoms with Crippen LogP contribution in [0.5, 0.6) is 5.75 Å². The van der Waals surface area contributed by atoms with Gasteiger partial charge in [-0.1, -0.05) is 5.18 Å². The van der Waals surface area contributed by atoms with Crippen molar-refractivity contribution in [1.29, 1.82) is 5.26 Å². The van der Waals surface area contributed by atoms with E-state index in [4.69, 9.17) is 34.1 Å². The molecule has 6 rings (SSSR count). The van der Waals surface area contributed by atoms with Gasteiger partial charge in [-0.3, -0.25) is 4.79 Å². The van der Waals surface area contributed by atoms with Gasteiger partial charge in [0, 0.05) is 51.0 Å². The van der Waals surface area contributed by atoms with Crippen molar-refractivity contribution in [3.63, 3.8) is 0 Å². The molecule has 344 valence electrons. The lowest BCUT2D eigenvalue weighted by atomic mass is 9.98. The summed E-state index contributed by atoms with van der Waals surface area (Å²) in [4.78, 5) is 87.2. The highest BCUT2D eigenvalue weighted by molar-refractivity contribution is 5.95. The van der Waals surface area contributed by atoms with Gasteiger partial charge in [-0.05, 0) is 61.9 Å². The van der Waals surface area contributed by atoms with Crippen molar-refractivity contribution in [2.45, 2.75) is 69.2 Å². The molecule has 5 heterocycles. The van der Waals surface area contributed by atoms with Crippen LogP contribution in [0.15, 0.2) is 33.7 Å². The number of anilines is 5. The van der Waals surface area contributed by atoms with Crippen LogP contribution >= 0.6 is 0 Å². The van der Waals surface area contributed by atoms with Crippen molar-refractivity contribution < 1.29 is 49.3 Å². The number of hydrogen-bond acceptors (Lipinski definition) is 24. The van der Waals surface area contributed by atoms with Gasteiger partial charge in [0.25, 0.3) is 0 Å². The summed E-state index contributed by atoms with van der Waals surface area (Å²) >= 11 is 0. The number of aliphatic hydroxyl groups excluding tert-OH is 5. The van der Waals surface area contributed by atoms with Crippen LogP contribution in [-0.4, -0.2) is 167 Å². The summed E-state index contributed by atoms with van der Waals surface area (Å²) < 4.78 is 16.4. The average Bonchev–Trinajstić information content (AvgIpc) is 3.32. The first kappa shape index (κ1) is 47.1. The molecule has 26 heteroatoms. The summed E-state index contributed by atoms with van der Waals surface area (Å²) in [5.41, 5.74) is 0.133. The first-order chi connectivity index (χ1) is 31.1. The number of fused-ring (bicyclic) bond motifs is 1. The fraction of sp³-hybridized carbons (Fsp3) is 0.605. The lowest BCUT2D eigenvalue weighted by molar-refractivity contribution is -0.265. The van der Waals surface area contributed by atoms with E-state index in [0.29, 0.717) is 53.7 Å². The Balaban J connectivity index is 1.31. The Hall–Kier alpha value is -6.37. The third-order valence-electron chi connectivity index (χ3n) is 10.9. The maximum Gasteiger partial charge on any atom is 0.428 e. The Kier molecular flexibility index (Phi) is 16.4. The zero-order valence-electron chi connectivity index (χ0n) is 34.7. The predicted molar refractivity (Wildman–Crippen MR) is 226 cm³/mol. The number of rotatable bonds is 19. The van der Waals surface area contributed by atoms with Crippen LogP contribution in [0, 0.1) is 26.2 Å². The zero-order chi connectivity index (χ0) is 45.8. The first-order valence-corrected chi connectivity index (χ1v) is 20.7. The second kappa shape index (κ2) is 22.3. The molecular formula is C38H49N13O13. The lowest BCUT2D eigenvalue weighted by Gasteiger charge is -2.38. The molecule has 3 aliphatic rings. The molecule has 3 saturated heterocycles. The summed E-state index contributed by atoms with van der Waals surface area (Å²) in [6, 6.07) is 3.15. The highest BCUT2D eigenvalue weighted by atomic mass is 16.7. The van der Waals surface area contributed by atoms with Gasteiger partial charge in [0.2, 0.25) is 18.2 Å². The number of nitrogens with zero attached hydrogens (tertiary/aromatic N) is 13. The van der Waals surface area contributed by atoms with Gasteiger partial charge in [-0.2, -0.15) is 25.0 Å². The highest BCUT2D eigenvalue weighted by Gasteiger charge is 2.49. The molecule has 0 saturated carbocycles. The monoisotopic (exact) mass is 895 g/mol.